The van der Waals surface area contributed by atoms with E-state index >= 15 is 0 Å². The van der Waals surface area contributed by atoms with Gasteiger partial charge in [0.2, 0.25) is 0 Å². The van der Waals surface area contributed by atoms with Gasteiger partial charge in [0.15, 0.2) is 5.96 Å². The van der Waals surface area contributed by atoms with Crippen molar-refractivity contribution in [3.8, 4) is 0 Å². The number of carbonyl (C=O) groups is 1. The van der Waals surface area contributed by atoms with Gasteiger partial charge in [0, 0.05) is 31.5 Å². The third-order valence-corrected chi connectivity index (χ3v) is 4.89. The first-order chi connectivity index (χ1) is 10.2. The van der Waals surface area contributed by atoms with Crippen molar-refractivity contribution in [1.82, 2.24) is 10.2 Å². The Morgan fingerprint density at radius 1 is 1.33 bits per heavy atom. The summed E-state index contributed by atoms with van der Waals surface area (Å²) in [6, 6.07) is 0. The fourth-order valence-electron chi connectivity index (χ4n) is 3.91. The van der Waals surface area contributed by atoms with Gasteiger partial charge in [0.05, 0.1) is 32.3 Å². The summed E-state index contributed by atoms with van der Waals surface area (Å²) in [5.74, 6) is 2.04. The second-order valence-electron chi connectivity index (χ2n) is 6.08. The Hall–Kier alpha value is -1.30. The summed E-state index contributed by atoms with van der Waals surface area (Å²) in [4.78, 5) is 18.1. The van der Waals surface area contributed by atoms with E-state index in [4.69, 9.17) is 4.74 Å². The molecule has 0 saturated carbocycles. The minimum atomic E-state index is -0.209. The van der Waals surface area contributed by atoms with Gasteiger partial charge in [0.1, 0.15) is 0 Å². The molecule has 6 nitrogen and oxygen atoms in total. The highest BCUT2D eigenvalue weighted by molar-refractivity contribution is 5.80. The van der Waals surface area contributed by atoms with Crippen LogP contribution in [0.15, 0.2) is 4.99 Å². The van der Waals surface area contributed by atoms with Crippen molar-refractivity contribution in [3.05, 3.63) is 0 Å². The molecular formula is C15H25N3O3. The maximum atomic E-state index is 11.2. The van der Waals surface area contributed by atoms with E-state index < -0.39 is 0 Å². The van der Waals surface area contributed by atoms with E-state index in [1.165, 1.54) is 20.0 Å². The van der Waals surface area contributed by atoms with Crippen LogP contribution in [0.25, 0.3) is 0 Å². The van der Waals surface area contributed by atoms with Gasteiger partial charge < -0.3 is 19.7 Å². The number of guanidine groups is 1. The normalized spacial score (nSPS) is 34.2. The van der Waals surface area contributed by atoms with E-state index in [0.717, 1.165) is 25.6 Å². The standard InChI is InChI=1S/C15H25N3O3/c1-3-16-15(17-7-6-14(19)20-2)18-8-10-11(9-18)13-5-4-12(10)21-13/h10-13H,3-9H2,1-2H3,(H,16,17). The number of fused-ring (bicyclic) bond motifs is 5. The molecule has 4 unspecified atom stereocenters. The number of rotatable bonds is 4. The molecule has 3 aliphatic heterocycles. The van der Waals surface area contributed by atoms with Gasteiger partial charge in [-0.1, -0.05) is 0 Å². The molecular weight excluding hydrogens is 270 g/mol. The zero-order valence-corrected chi connectivity index (χ0v) is 12.9. The van der Waals surface area contributed by atoms with Crippen molar-refractivity contribution in [2.24, 2.45) is 16.8 Å². The molecule has 3 saturated heterocycles. The first kappa shape index (κ1) is 14.6. The van der Waals surface area contributed by atoms with Crippen LogP contribution >= 0.6 is 0 Å². The van der Waals surface area contributed by atoms with Crippen LogP contribution < -0.4 is 5.32 Å². The number of ether oxygens (including phenoxy) is 2. The molecule has 0 aromatic rings. The minimum absolute atomic E-state index is 0.209. The molecule has 3 heterocycles. The number of nitrogens with zero attached hydrogens (tertiary/aromatic N) is 2. The average molecular weight is 295 g/mol. The van der Waals surface area contributed by atoms with Gasteiger partial charge in [-0.2, -0.15) is 0 Å². The molecule has 3 fully saturated rings. The summed E-state index contributed by atoms with van der Waals surface area (Å²) in [5, 5.41) is 3.34. The number of methoxy groups -OCH3 is 1. The zero-order chi connectivity index (χ0) is 14.8. The zero-order valence-electron chi connectivity index (χ0n) is 12.9. The highest BCUT2D eigenvalue weighted by Crippen LogP contribution is 2.47. The fraction of sp³-hybridized carbons (Fsp3) is 0.867. The Balaban J connectivity index is 1.60. The lowest BCUT2D eigenvalue weighted by Gasteiger charge is -2.23. The number of hydrogen-bond donors (Lipinski definition) is 1. The molecule has 21 heavy (non-hydrogen) atoms. The Kier molecular flexibility index (Phi) is 4.33. The largest absolute Gasteiger partial charge is 0.469 e. The lowest BCUT2D eigenvalue weighted by atomic mass is 9.82. The second kappa shape index (κ2) is 6.22. The van der Waals surface area contributed by atoms with Crippen molar-refractivity contribution in [2.45, 2.75) is 38.4 Å². The van der Waals surface area contributed by atoms with E-state index in [-0.39, 0.29) is 5.97 Å². The van der Waals surface area contributed by atoms with E-state index in [9.17, 15) is 4.79 Å². The van der Waals surface area contributed by atoms with Gasteiger partial charge >= 0.3 is 5.97 Å². The molecule has 3 aliphatic rings. The summed E-state index contributed by atoms with van der Waals surface area (Å²) in [6.07, 6.45) is 3.69. The fourth-order valence-corrected chi connectivity index (χ4v) is 3.91. The van der Waals surface area contributed by atoms with E-state index in [1.54, 1.807) is 0 Å². The molecule has 3 rings (SSSR count). The molecule has 0 spiro atoms. The topological polar surface area (TPSA) is 63.2 Å². The van der Waals surface area contributed by atoms with Crippen LogP contribution in [-0.2, 0) is 14.3 Å². The smallest absolute Gasteiger partial charge is 0.307 e. The van der Waals surface area contributed by atoms with Crippen LogP contribution in [0.4, 0.5) is 0 Å². The number of aliphatic imine (C=N–C) groups is 1. The van der Waals surface area contributed by atoms with Crippen LogP contribution in [0.3, 0.4) is 0 Å². The average Bonchev–Trinajstić information content (AvgIpc) is 3.18. The van der Waals surface area contributed by atoms with Gasteiger partial charge in [-0.25, -0.2) is 0 Å². The number of esters is 1. The summed E-state index contributed by atoms with van der Waals surface area (Å²) < 4.78 is 10.7. The predicted octanol–water partition coefficient (Wildman–Crippen LogP) is 0.624. The number of hydrogen-bond acceptors (Lipinski definition) is 4. The van der Waals surface area contributed by atoms with Crippen molar-refractivity contribution in [2.75, 3.05) is 33.3 Å². The van der Waals surface area contributed by atoms with Crippen LogP contribution in [0.1, 0.15) is 26.2 Å². The molecule has 0 amide bonds. The van der Waals surface area contributed by atoms with Crippen LogP contribution in [0.2, 0.25) is 0 Å². The Morgan fingerprint density at radius 3 is 2.57 bits per heavy atom. The van der Waals surface area contributed by atoms with Crippen molar-refractivity contribution >= 4 is 11.9 Å². The highest BCUT2D eigenvalue weighted by Gasteiger charge is 2.53. The first-order valence-corrected chi connectivity index (χ1v) is 7.98. The lowest BCUT2D eigenvalue weighted by molar-refractivity contribution is -0.140. The number of likely N-dealkylation sites (tertiary alicyclic amines) is 1. The first-order valence-electron chi connectivity index (χ1n) is 7.98. The van der Waals surface area contributed by atoms with Gasteiger partial charge in [-0.15, -0.1) is 0 Å². The van der Waals surface area contributed by atoms with E-state index in [0.29, 0.717) is 37.0 Å². The molecule has 118 valence electrons. The van der Waals surface area contributed by atoms with Crippen molar-refractivity contribution < 1.29 is 14.3 Å². The molecule has 0 aliphatic carbocycles. The van der Waals surface area contributed by atoms with Crippen LogP contribution in [0, 0.1) is 11.8 Å². The predicted molar refractivity (Wildman–Crippen MR) is 79.1 cm³/mol. The third-order valence-electron chi connectivity index (χ3n) is 4.89. The maximum absolute atomic E-state index is 11.2. The quantitative estimate of drug-likeness (QED) is 0.468. The lowest BCUT2D eigenvalue weighted by Crippen LogP contribution is -2.41. The molecule has 0 aromatic heterocycles. The Labute approximate surface area is 125 Å². The second-order valence-corrected chi connectivity index (χ2v) is 6.08. The third kappa shape index (κ3) is 2.86. The van der Waals surface area contributed by atoms with Gasteiger partial charge in [-0.05, 0) is 19.8 Å². The SMILES string of the molecule is CCNC(=NCCC(=O)OC)N1CC2C3CCC(O3)C2C1. The van der Waals surface area contributed by atoms with E-state index in [1.807, 2.05) is 0 Å². The van der Waals surface area contributed by atoms with E-state index in [2.05, 4.69) is 26.9 Å². The summed E-state index contributed by atoms with van der Waals surface area (Å²) in [6.45, 7) is 5.43. The molecule has 6 heteroatoms. The Morgan fingerprint density at radius 2 is 2.00 bits per heavy atom. The minimum Gasteiger partial charge on any atom is -0.469 e. The summed E-state index contributed by atoms with van der Waals surface area (Å²) >= 11 is 0. The van der Waals surface area contributed by atoms with Crippen molar-refractivity contribution in [3.63, 3.8) is 0 Å². The van der Waals surface area contributed by atoms with Gasteiger partial charge in [0.25, 0.3) is 0 Å². The van der Waals surface area contributed by atoms with Crippen LogP contribution in [0.5, 0.6) is 0 Å². The maximum Gasteiger partial charge on any atom is 0.307 e. The van der Waals surface area contributed by atoms with Gasteiger partial charge in [-0.3, -0.25) is 9.79 Å². The molecule has 4 atom stereocenters. The van der Waals surface area contributed by atoms with Crippen LogP contribution in [-0.4, -0.2) is 62.3 Å². The monoisotopic (exact) mass is 295 g/mol. The molecule has 0 aromatic carbocycles. The summed E-state index contributed by atoms with van der Waals surface area (Å²) in [7, 11) is 1.41. The Bertz CT molecular complexity index is 408. The highest BCUT2D eigenvalue weighted by atomic mass is 16.5. The summed E-state index contributed by atoms with van der Waals surface area (Å²) in [5.41, 5.74) is 0. The molecule has 0 radical (unpaired) electrons. The number of nitrogens with one attached hydrogen (secondary N) is 1. The molecule has 1 N–H and O–H groups in total. The molecule has 2 bridgehead atoms. The van der Waals surface area contributed by atoms with Crippen molar-refractivity contribution in [1.29, 1.82) is 0 Å². The number of carbonyl (C=O) groups excluding carboxylic acids is 1.